The molecule has 0 fully saturated rings. The maximum atomic E-state index is 14.2. The summed E-state index contributed by atoms with van der Waals surface area (Å²) in [6, 6.07) is 40.6. The first kappa shape index (κ1) is 22.1. The smallest absolute Gasteiger partial charge is 0.260 e. The van der Waals surface area contributed by atoms with E-state index >= 15 is 0 Å². The van der Waals surface area contributed by atoms with Crippen LogP contribution in [0.3, 0.4) is 0 Å². The van der Waals surface area contributed by atoms with Crippen molar-refractivity contribution in [2.24, 2.45) is 0 Å². The highest BCUT2D eigenvalue weighted by atomic mass is 16.3. The molecule has 0 aliphatic carbocycles. The molecule has 1 aliphatic heterocycles. The van der Waals surface area contributed by atoms with Crippen LogP contribution in [0.4, 0.5) is 5.69 Å². The number of carbonyl (C=O) groups is 1. The number of phenols is 2. The van der Waals surface area contributed by atoms with Gasteiger partial charge in [-0.3, -0.25) is 9.69 Å². The fourth-order valence-electron chi connectivity index (χ4n) is 5.92. The van der Waals surface area contributed by atoms with E-state index in [0.717, 1.165) is 43.9 Å². The summed E-state index contributed by atoms with van der Waals surface area (Å²) in [5, 5.41) is 23.9. The van der Waals surface area contributed by atoms with E-state index in [4.69, 9.17) is 0 Å². The first-order valence-electron chi connectivity index (χ1n) is 12.5. The van der Waals surface area contributed by atoms with Crippen molar-refractivity contribution < 1.29 is 15.0 Å². The molecule has 0 saturated carbocycles. The minimum absolute atomic E-state index is 0.0663. The number of hydrogen-bond donors (Lipinski definition) is 2. The lowest BCUT2D eigenvalue weighted by Crippen LogP contribution is -2.46. The van der Waals surface area contributed by atoms with Gasteiger partial charge in [0.05, 0.1) is 0 Å². The lowest BCUT2D eigenvalue weighted by Gasteiger charge is -2.41. The van der Waals surface area contributed by atoms with Crippen LogP contribution in [-0.2, 0) is 5.54 Å². The molecule has 6 aromatic carbocycles. The largest absolute Gasteiger partial charge is 0.508 e. The Bertz CT molecular complexity index is 1790. The van der Waals surface area contributed by atoms with Gasteiger partial charge >= 0.3 is 0 Å². The van der Waals surface area contributed by atoms with Gasteiger partial charge in [0.15, 0.2) is 0 Å². The Labute approximate surface area is 219 Å². The van der Waals surface area contributed by atoms with Crippen LogP contribution in [0.5, 0.6) is 11.5 Å². The number of amides is 1. The second-order valence-corrected chi connectivity index (χ2v) is 9.72. The van der Waals surface area contributed by atoms with Crippen molar-refractivity contribution in [3.8, 4) is 11.5 Å². The van der Waals surface area contributed by atoms with Gasteiger partial charge in [-0.2, -0.15) is 0 Å². The van der Waals surface area contributed by atoms with Crippen molar-refractivity contribution in [1.82, 2.24) is 0 Å². The molecule has 0 spiro atoms. The molecule has 0 radical (unpaired) electrons. The van der Waals surface area contributed by atoms with E-state index in [2.05, 4.69) is 12.1 Å². The van der Waals surface area contributed by atoms with E-state index in [1.807, 2.05) is 95.9 Å². The molecule has 4 heteroatoms. The number of anilines is 1. The van der Waals surface area contributed by atoms with Crippen LogP contribution in [0.1, 0.15) is 27.0 Å². The zero-order valence-corrected chi connectivity index (χ0v) is 20.4. The number of carbonyl (C=O) groups excluding carboxylic acids is 1. The molecule has 2 N–H and O–H groups in total. The molecular weight excluding hydrogens is 470 g/mol. The van der Waals surface area contributed by atoms with E-state index in [9.17, 15) is 15.0 Å². The Hall–Kier alpha value is -5.09. The molecule has 0 atom stereocenters. The van der Waals surface area contributed by atoms with Gasteiger partial charge in [-0.05, 0) is 92.8 Å². The van der Waals surface area contributed by atoms with Gasteiger partial charge in [0, 0.05) is 11.3 Å². The van der Waals surface area contributed by atoms with Gasteiger partial charge in [-0.25, -0.2) is 0 Å². The number of benzene rings is 6. The average molecular weight is 494 g/mol. The fraction of sp³-hybridized carbons (Fsp3) is 0.0294. The summed E-state index contributed by atoms with van der Waals surface area (Å²) in [7, 11) is 0. The van der Waals surface area contributed by atoms with Crippen molar-refractivity contribution in [3.63, 3.8) is 0 Å². The summed E-state index contributed by atoms with van der Waals surface area (Å²) >= 11 is 0. The quantitative estimate of drug-likeness (QED) is 0.271. The monoisotopic (exact) mass is 493 g/mol. The van der Waals surface area contributed by atoms with E-state index < -0.39 is 5.54 Å². The van der Waals surface area contributed by atoms with E-state index in [0.29, 0.717) is 5.56 Å². The molecule has 1 amide bonds. The third-order valence-corrected chi connectivity index (χ3v) is 7.58. The zero-order valence-electron chi connectivity index (χ0n) is 20.4. The fourth-order valence-corrected chi connectivity index (χ4v) is 5.92. The number of aromatic hydroxyl groups is 2. The Morgan fingerprint density at radius 2 is 1.03 bits per heavy atom. The predicted octanol–water partition coefficient (Wildman–Crippen LogP) is 7.36. The summed E-state index contributed by atoms with van der Waals surface area (Å²) < 4.78 is 0. The van der Waals surface area contributed by atoms with Gasteiger partial charge in [-0.1, -0.05) is 72.8 Å². The highest BCUT2D eigenvalue weighted by molar-refractivity contribution is 6.14. The maximum absolute atomic E-state index is 14.2. The van der Waals surface area contributed by atoms with Gasteiger partial charge < -0.3 is 10.2 Å². The second kappa shape index (κ2) is 8.22. The van der Waals surface area contributed by atoms with Gasteiger partial charge in [0.2, 0.25) is 0 Å². The number of fused-ring (bicyclic) bond motifs is 3. The second-order valence-electron chi connectivity index (χ2n) is 9.72. The van der Waals surface area contributed by atoms with E-state index in [1.165, 1.54) is 0 Å². The maximum Gasteiger partial charge on any atom is 0.260 e. The zero-order chi connectivity index (χ0) is 25.9. The van der Waals surface area contributed by atoms with Crippen LogP contribution in [-0.4, -0.2) is 16.1 Å². The summed E-state index contributed by atoms with van der Waals surface area (Å²) in [5.74, 6) is 0.360. The van der Waals surface area contributed by atoms with Crippen LogP contribution in [0.25, 0.3) is 21.5 Å². The lowest BCUT2D eigenvalue weighted by molar-refractivity contribution is 0.0986. The van der Waals surface area contributed by atoms with Gasteiger partial charge in [0.1, 0.15) is 17.0 Å². The van der Waals surface area contributed by atoms with E-state index in [-0.39, 0.29) is 17.4 Å². The Balaban J connectivity index is 1.62. The Morgan fingerprint density at radius 1 is 0.526 bits per heavy atom. The molecule has 7 rings (SSSR count). The minimum atomic E-state index is -0.951. The highest BCUT2D eigenvalue weighted by Gasteiger charge is 2.52. The number of rotatable bonds is 3. The molecule has 4 nitrogen and oxygen atoms in total. The SMILES string of the molecule is O=C1c2ccccc2C(c2ccc3cc(O)ccc3c2)(c2ccc3cc(O)ccc3c2)N1c1ccccc1. The number of phenolic OH excluding ortho intramolecular Hbond substituents is 2. The van der Waals surface area contributed by atoms with Crippen LogP contribution in [0, 0.1) is 0 Å². The first-order chi connectivity index (χ1) is 18.6. The molecule has 6 aromatic rings. The molecule has 0 unspecified atom stereocenters. The normalized spacial score (nSPS) is 14.2. The molecule has 0 aromatic heterocycles. The van der Waals surface area contributed by atoms with Crippen molar-refractivity contribution in [2.75, 3.05) is 4.90 Å². The lowest BCUT2D eigenvalue weighted by atomic mass is 9.75. The number of nitrogens with zero attached hydrogens (tertiary/aromatic N) is 1. The van der Waals surface area contributed by atoms with Crippen LogP contribution in [0.2, 0.25) is 0 Å². The predicted molar refractivity (Wildman–Crippen MR) is 151 cm³/mol. The number of para-hydroxylation sites is 1. The third-order valence-electron chi connectivity index (χ3n) is 7.58. The molecular formula is C34H23NO3. The van der Waals surface area contributed by atoms with Crippen molar-refractivity contribution in [1.29, 1.82) is 0 Å². The summed E-state index contributed by atoms with van der Waals surface area (Å²) in [6.07, 6.45) is 0. The Morgan fingerprint density at radius 3 is 1.63 bits per heavy atom. The molecule has 182 valence electrons. The standard InChI is InChI=1S/C34H23NO3/c36-29-16-12-22-18-26(14-10-24(22)20-29)34(27-15-11-25-21-30(37)17-13-23(25)19-27)32-9-5-4-8-31(32)33(38)35(34)28-6-2-1-3-7-28/h1-21,36-37H. The average Bonchev–Trinajstić information content (AvgIpc) is 3.22. The topological polar surface area (TPSA) is 60.8 Å². The van der Waals surface area contributed by atoms with Gasteiger partial charge in [-0.15, -0.1) is 0 Å². The summed E-state index contributed by atoms with van der Waals surface area (Å²) in [5.41, 5.74) is 3.29. The Kier molecular flexibility index (Phi) is 4.79. The molecule has 1 heterocycles. The molecule has 38 heavy (non-hydrogen) atoms. The number of hydrogen-bond acceptors (Lipinski definition) is 3. The van der Waals surface area contributed by atoms with Crippen molar-refractivity contribution in [3.05, 3.63) is 150 Å². The van der Waals surface area contributed by atoms with Crippen molar-refractivity contribution >= 4 is 33.1 Å². The summed E-state index contributed by atoms with van der Waals surface area (Å²) in [6.45, 7) is 0. The van der Waals surface area contributed by atoms with Crippen LogP contribution in [0.15, 0.2) is 127 Å². The third kappa shape index (κ3) is 3.14. The molecule has 1 aliphatic rings. The first-order valence-corrected chi connectivity index (χ1v) is 12.5. The molecule has 0 saturated heterocycles. The van der Waals surface area contributed by atoms with Crippen LogP contribution < -0.4 is 4.90 Å². The van der Waals surface area contributed by atoms with Gasteiger partial charge in [0.25, 0.3) is 5.91 Å². The van der Waals surface area contributed by atoms with Crippen LogP contribution >= 0.6 is 0 Å². The molecule has 0 bridgehead atoms. The van der Waals surface area contributed by atoms with E-state index in [1.54, 1.807) is 24.3 Å². The summed E-state index contributed by atoms with van der Waals surface area (Å²) in [4.78, 5) is 16.1. The highest BCUT2D eigenvalue weighted by Crippen LogP contribution is 2.51. The van der Waals surface area contributed by atoms with Crippen molar-refractivity contribution in [2.45, 2.75) is 5.54 Å². The minimum Gasteiger partial charge on any atom is -0.508 e.